The first-order valence-corrected chi connectivity index (χ1v) is 9.96. The number of aromatic nitrogens is 1. The van der Waals surface area contributed by atoms with Gasteiger partial charge in [0.15, 0.2) is 0 Å². The monoisotopic (exact) mass is 346 g/mol. The molecule has 4 nitrogen and oxygen atoms in total. The molecule has 5 heteroatoms. The number of rotatable bonds is 6. The Kier molecular flexibility index (Phi) is 5.41. The molecule has 0 radical (unpaired) electrons. The van der Waals surface area contributed by atoms with Crippen molar-refractivity contribution in [2.75, 3.05) is 13.1 Å². The van der Waals surface area contributed by atoms with Crippen molar-refractivity contribution in [1.82, 2.24) is 9.88 Å². The SMILES string of the molecule is CCC(Cc1ccc2[nH]cc(C[C@H]3CCCN3CC)c2c1)=S(=O)=O. The summed E-state index contributed by atoms with van der Waals surface area (Å²) in [5, 5.41) is 1.24. The number of fused-ring (bicyclic) bond motifs is 1. The fourth-order valence-electron chi connectivity index (χ4n) is 3.83. The van der Waals surface area contributed by atoms with Crippen LogP contribution in [0.4, 0.5) is 0 Å². The third kappa shape index (κ3) is 3.57. The summed E-state index contributed by atoms with van der Waals surface area (Å²) in [5.74, 6) is 0. The summed E-state index contributed by atoms with van der Waals surface area (Å²) in [4.78, 5) is 6.50. The zero-order valence-electron chi connectivity index (χ0n) is 14.5. The summed E-state index contributed by atoms with van der Waals surface area (Å²) in [6.45, 7) is 6.45. The molecule has 0 unspecified atom stereocenters. The maximum absolute atomic E-state index is 11.3. The van der Waals surface area contributed by atoms with E-state index in [0.29, 0.717) is 23.7 Å². The Morgan fingerprint density at radius 3 is 2.88 bits per heavy atom. The number of hydrogen-bond acceptors (Lipinski definition) is 3. The standard InChI is InChI=1S/C19H26N2O2S/c1-3-17(24(22)23)10-14-7-8-19-18(11-14)15(13-20-19)12-16-6-5-9-21(16)4-2/h7-8,11,13,16,20H,3-6,9-10,12H2,1-2H3/t16-/m1/s1. The summed E-state index contributed by atoms with van der Waals surface area (Å²) in [6, 6.07) is 6.89. The summed E-state index contributed by atoms with van der Waals surface area (Å²) in [6.07, 6.45) is 6.82. The molecule has 1 aliphatic rings. The summed E-state index contributed by atoms with van der Waals surface area (Å²) in [5.41, 5.74) is 3.55. The Labute approximate surface area is 145 Å². The summed E-state index contributed by atoms with van der Waals surface area (Å²) in [7, 11) is -2.09. The lowest BCUT2D eigenvalue weighted by atomic mass is 10.0. The van der Waals surface area contributed by atoms with Gasteiger partial charge in [-0.25, -0.2) is 0 Å². The maximum Gasteiger partial charge on any atom is 0.213 e. The van der Waals surface area contributed by atoms with Crippen molar-refractivity contribution in [1.29, 1.82) is 0 Å². The van der Waals surface area contributed by atoms with Gasteiger partial charge in [0.05, 0.1) is 4.86 Å². The molecule has 0 saturated carbocycles. The molecule has 1 atom stereocenters. The number of likely N-dealkylation sites (tertiary alicyclic amines) is 1. The minimum Gasteiger partial charge on any atom is -0.361 e. The van der Waals surface area contributed by atoms with Gasteiger partial charge in [0.25, 0.3) is 0 Å². The highest BCUT2D eigenvalue weighted by Gasteiger charge is 2.24. The second-order valence-corrected chi connectivity index (χ2v) is 7.67. The largest absolute Gasteiger partial charge is 0.361 e. The van der Waals surface area contributed by atoms with Crippen molar-refractivity contribution < 1.29 is 8.42 Å². The predicted octanol–water partition coefficient (Wildman–Crippen LogP) is 3.20. The van der Waals surface area contributed by atoms with Crippen LogP contribution in [-0.2, 0) is 23.1 Å². The van der Waals surface area contributed by atoms with E-state index in [9.17, 15) is 8.42 Å². The smallest absolute Gasteiger partial charge is 0.213 e. The zero-order valence-corrected chi connectivity index (χ0v) is 15.3. The van der Waals surface area contributed by atoms with Gasteiger partial charge in [-0.1, -0.05) is 19.9 Å². The van der Waals surface area contributed by atoms with Crippen LogP contribution in [0.2, 0.25) is 0 Å². The van der Waals surface area contributed by atoms with Crippen LogP contribution < -0.4 is 0 Å². The van der Waals surface area contributed by atoms with E-state index >= 15 is 0 Å². The van der Waals surface area contributed by atoms with Crippen molar-refractivity contribution in [3.05, 3.63) is 35.5 Å². The van der Waals surface area contributed by atoms with E-state index in [2.05, 4.69) is 35.1 Å². The number of H-pyrrole nitrogens is 1. The van der Waals surface area contributed by atoms with Gasteiger partial charge in [-0.3, -0.25) is 0 Å². The summed E-state index contributed by atoms with van der Waals surface area (Å²) < 4.78 is 22.5. The molecule has 1 aliphatic heterocycles. The summed E-state index contributed by atoms with van der Waals surface area (Å²) >= 11 is 0. The molecule has 1 aromatic heterocycles. The molecule has 1 saturated heterocycles. The molecule has 2 aromatic rings. The van der Waals surface area contributed by atoms with Gasteiger partial charge in [-0.05, 0) is 62.0 Å². The van der Waals surface area contributed by atoms with Gasteiger partial charge >= 0.3 is 0 Å². The lowest BCUT2D eigenvalue weighted by molar-refractivity contribution is 0.266. The van der Waals surface area contributed by atoms with Crippen molar-refractivity contribution >= 4 is 26.1 Å². The molecule has 2 heterocycles. The molecular weight excluding hydrogens is 320 g/mol. The molecular formula is C19H26N2O2S. The average molecular weight is 346 g/mol. The Hall–Kier alpha value is -1.59. The van der Waals surface area contributed by atoms with Gasteiger partial charge < -0.3 is 9.88 Å². The maximum atomic E-state index is 11.3. The topological polar surface area (TPSA) is 53.2 Å². The highest BCUT2D eigenvalue weighted by molar-refractivity contribution is 7.73. The minimum absolute atomic E-state index is 0.512. The van der Waals surface area contributed by atoms with Gasteiger partial charge in [0, 0.05) is 29.6 Å². The van der Waals surface area contributed by atoms with E-state index in [-0.39, 0.29) is 0 Å². The molecule has 0 amide bonds. The number of likely N-dealkylation sites (N-methyl/N-ethyl adjacent to an activating group) is 1. The van der Waals surface area contributed by atoms with E-state index in [4.69, 9.17) is 0 Å². The van der Waals surface area contributed by atoms with Gasteiger partial charge in [0.2, 0.25) is 10.3 Å². The fourth-order valence-corrected chi connectivity index (χ4v) is 4.35. The Bertz CT molecular complexity index is 843. The molecule has 3 rings (SSSR count). The molecule has 130 valence electrons. The van der Waals surface area contributed by atoms with E-state index in [0.717, 1.165) is 24.0 Å². The quantitative estimate of drug-likeness (QED) is 0.817. The van der Waals surface area contributed by atoms with Gasteiger partial charge in [-0.15, -0.1) is 0 Å². The fraction of sp³-hybridized carbons (Fsp3) is 0.526. The van der Waals surface area contributed by atoms with Gasteiger partial charge in [0.1, 0.15) is 0 Å². The van der Waals surface area contributed by atoms with E-state index in [1.165, 1.54) is 30.3 Å². The second kappa shape index (κ2) is 7.53. The van der Waals surface area contributed by atoms with Crippen LogP contribution in [0.15, 0.2) is 24.4 Å². The number of benzene rings is 1. The molecule has 1 N–H and O–H groups in total. The second-order valence-electron chi connectivity index (χ2n) is 6.63. The molecule has 0 spiro atoms. The lowest BCUT2D eigenvalue weighted by Gasteiger charge is -2.22. The Morgan fingerprint density at radius 1 is 1.33 bits per heavy atom. The minimum atomic E-state index is -2.09. The third-order valence-corrected chi connectivity index (χ3v) is 6.13. The van der Waals surface area contributed by atoms with Crippen molar-refractivity contribution in [3.63, 3.8) is 0 Å². The average Bonchev–Trinajstić information content (AvgIpc) is 3.19. The number of hydrogen-bond donors (Lipinski definition) is 1. The highest BCUT2D eigenvalue weighted by atomic mass is 32.2. The van der Waals surface area contributed by atoms with E-state index in [1.807, 2.05) is 13.0 Å². The van der Waals surface area contributed by atoms with Crippen LogP contribution in [0.3, 0.4) is 0 Å². The number of nitrogens with zero attached hydrogens (tertiary/aromatic N) is 1. The van der Waals surface area contributed by atoms with Gasteiger partial charge in [-0.2, -0.15) is 8.42 Å². The zero-order chi connectivity index (χ0) is 17.1. The molecule has 0 bridgehead atoms. The van der Waals surface area contributed by atoms with Crippen molar-refractivity contribution in [3.8, 4) is 0 Å². The van der Waals surface area contributed by atoms with Crippen molar-refractivity contribution in [2.24, 2.45) is 0 Å². The first-order chi connectivity index (χ1) is 11.6. The molecule has 24 heavy (non-hydrogen) atoms. The molecule has 1 aromatic carbocycles. The molecule has 1 fully saturated rings. The van der Waals surface area contributed by atoms with Crippen LogP contribution in [-0.4, -0.2) is 42.3 Å². The van der Waals surface area contributed by atoms with Crippen molar-refractivity contribution in [2.45, 2.75) is 52.0 Å². The normalized spacial score (nSPS) is 18.3. The van der Waals surface area contributed by atoms with E-state index < -0.39 is 10.3 Å². The molecule has 0 aliphatic carbocycles. The van der Waals surface area contributed by atoms with Crippen LogP contribution in [0.5, 0.6) is 0 Å². The Morgan fingerprint density at radius 2 is 2.17 bits per heavy atom. The third-order valence-electron chi connectivity index (χ3n) is 5.22. The van der Waals surface area contributed by atoms with E-state index in [1.54, 1.807) is 0 Å². The first-order valence-electron chi connectivity index (χ1n) is 8.89. The van der Waals surface area contributed by atoms with Crippen LogP contribution in [0.25, 0.3) is 10.9 Å². The highest BCUT2D eigenvalue weighted by Crippen LogP contribution is 2.26. The van der Waals surface area contributed by atoms with Crippen LogP contribution >= 0.6 is 0 Å². The Balaban J connectivity index is 1.87. The number of aromatic amines is 1. The number of nitrogens with one attached hydrogen (secondary N) is 1. The lowest BCUT2D eigenvalue weighted by Crippen LogP contribution is -2.30. The van der Waals surface area contributed by atoms with Crippen LogP contribution in [0.1, 0.15) is 44.2 Å². The predicted molar refractivity (Wildman–Crippen MR) is 100 cm³/mol. The van der Waals surface area contributed by atoms with Crippen LogP contribution in [0, 0.1) is 0 Å². The first kappa shape index (κ1) is 17.2.